The molecule has 1 aromatic heterocycles. The number of anilines is 1. The highest BCUT2D eigenvalue weighted by Gasteiger charge is 2.33. The number of halogens is 1. The largest absolute Gasteiger partial charge is 0.302 e. The Bertz CT molecular complexity index is 1570. The van der Waals surface area contributed by atoms with Crippen molar-refractivity contribution in [3.05, 3.63) is 113 Å². The van der Waals surface area contributed by atoms with E-state index in [1.54, 1.807) is 60.1 Å². The van der Waals surface area contributed by atoms with Gasteiger partial charge in [0.2, 0.25) is 10.0 Å². The van der Waals surface area contributed by atoms with Crippen LogP contribution in [0.3, 0.4) is 0 Å². The topological polar surface area (TPSA) is 75.5 Å². The molecule has 7 nitrogen and oxygen atoms in total. The van der Waals surface area contributed by atoms with Crippen LogP contribution in [0.25, 0.3) is 0 Å². The van der Waals surface area contributed by atoms with Crippen LogP contribution >= 0.6 is 0 Å². The smallest absolute Gasteiger partial charge is 0.261 e. The first-order chi connectivity index (χ1) is 17.8. The van der Waals surface area contributed by atoms with Crippen LogP contribution in [0.5, 0.6) is 0 Å². The van der Waals surface area contributed by atoms with Gasteiger partial charge in [0.1, 0.15) is 5.82 Å². The van der Waals surface area contributed by atoms with Crippen molar-refractivity contribution in [3.63, 3.8) is 0 Å². The van der Waals surface area contributed by atoms with E-state index in [4.69, 9.17) is 0 Å². The van der Waals surface area contributed by atoms with Gasteiger partial charge in [0.25, 0.3) is 5.91 Å². The van der Waals surface area contributed by atoms with Crippen LogP contribution in [0.2, 0.25) is 0 Å². The second kappa shape index (κ2) is 9.91. The predicted molar refractivity (Wildman–Crippen MR) is 139 cm³/mol. The highest BCUT2D eigenvalue weighted by atomic mass is 32.2. The zero-order valence-corrected chi connectivity index (χ0v) is 21.5. The molecular weight excluding hydrogens is 491 g/mol. The van der Waals surface area contributed by atoms with Gasteiger partial charge in [-0.1, -0.05) is 48.5 Å². The van der Waals surface area contributed by atoms with Gasteiger partial charge in [0, 0.05) is 43.5 Å². The molecule has 0 saturated carbocycles. The van der Waals surface area contributed by atoms with Gasteiger partial charge in [0.15, 0.2) is 0 Å². The third-order valence-corrected chi connectivity index (χ3v) is 8.73. The lowest BCUT2D eigenvalue weighted by Crippen LogP contribution is -2.37. The molecule has 4 aromatic rings. The quantitative estimate of drug-likeness (QED) is 0.378. The number of hydrogen-bond acceptors (Lipinski definition) is 4. The van der Waals surface area contributed by atoms with E-state index in [1.165, 1.54) is 27.4 Å². The Labute approximate surface area is 215 Å². The van der Waals surface area contributed by atoms with Crippen molar-refractivity contribution in [1.29, 1.82) is 0 Å². The molecule has 0 aliphatic carbocycles. The molecule has 2 heterocycles. The average molecular weight is 519 g/mol. The summed E-state index contributed by atoms with van der Waals surface area (Å²) in [6, 6.07) is 21.8. The summed E-state index contributed by atoms with van der Waals surface area (Å²) in [6.07, 6.45) is 0.497. The van der Waals surface area contributed by atoms with Crippen molar-refractivity contribution in [2.75, 3.05) is 11.4 Å². The van der Waals surface area contributed by atoms with E-state index in [0.29, 0.717) is 29.9 Å². The number of para-hydroxylation sites is 1. The van der Waals surface area contributed by atoms with Crippen LogP contribution in [0, 0.1) is 12.7 Å². The average Bonchev–Trinajstić information content (AvgIpc) is 3.22. The zero-order valence-electron chi connectivity index (χ0n) is 20.6. The molecule has 0 atom stereocenters. The van der Waals surface area contributed by atoms with Crippen LogP contribution in [0.4, 0.5) is 10.1 Å². The van der Waals surface area contributed by atoms with Gasteiger partial charge < -0.3 is 4.90 Å². The lowest BCUT2D eigenvalue weighted by molar-refractivity contribution is 0.0980. The summed E-state index contributed by atoms with van der Waals surface area (Å²) in [5.41, 5.74) is 3.52. The number of carbonyl (C=O) groups excluding carboxylic acids is 1. The minimum atomic E-state index is -3.72. The van der Waals surface area contributed by atoms with E-state index >= 15 is 0 Å². The molecule has 1 aliphatic rings. The first kappa shape index (κ1) is 24.9. The summed E-state index contributed by atoms with van der Waals surface area (Å²) in [7, 11) is -1.90. The van der Waals surface area contributed by atoms with Crippen molar-refractivity contribution >= 4 is 21.6 Å². The van der Waals surface area contributed by atoms with Crippen molar-refractivity contribution in [2.24, 2.45) is 7.05 Å². The Morgan fingerprint density at radius 2 is 1.68 bits per heavy atom. The fourth-order valence-electron chi connectivity index (χ4n) is 4.78. The Morgan fingerprint density at radius 3 is 2.41 bits per heavy atom. The minimum Gasteiger partial charge on any atom is -0.302 e. The second-order valence-corrected chi connectivity index (χ2v) is 11.0. The summed E-state index contributed by atoms with van der Waals surface area (Å²) in [5, 5.41) is 4.67. The van der Waals surface area contributed by atoms with Crippen molar-refractivity contribution < 1.29 is 17.6 Å². The maximum atomic E-state index is 14.6. The number of fused-ring (bicyclic) bond motifs is 1. The molecule has 3 aromatic carbocycles. The summed E-state index contributed by atoms with van der Waals surface area (Å²) in [5.74, 6) is -1.10. The SMILES string of the molecule is Cc1ccccc1S(=O)(=O)N1CCc2c(c(CN(C(=O)c3ccccc3F)c3ccccc3)nn2C)C1. The van der Waals surface area contributed by atoms with Crippen molar-refractivity contribution in [2.45, 2.75) is 31.3 Å². The monoisotopic (exact) mass is 518 g/mol. The first-order valence-corrected chi connectivity index (χ1v) is 13.4. The molecule has 190 valence electrons. The molecular formula is C28H27FN4O3S. The van der Waals surface area contributed by atoms with E-state index in [2.05, 4.69) is 5.10 Å². The third-order valence-electron chi connectivity index (χ3n) is 6.73. The summed E-state index contributed by atoms with van der Waals surface area (Å²) < 4.78 is 44.8. The van der Waals surface area contributed by atoms with E-state index < -0.39 is 21.7 Å². The van der Waals surface area contributed by atoms with Gasteiger partial charge in [-0.25, -0.2) is 12.8 Å². The number of sulfonamides is 1. The number of hydrogen-bond donors (Lipinski definition) is 0. The highest BCUT2D eigenvalue weighted by Crippen LogP contribution is 2.30. The van der Waals surface area contributed by atoms with Crippen LogP contribution in [0.15, 0.2) is 83.8 Å². The fraction of sp³-hybridized carbons (Fsp3) is 0.214. The lowest BCUT2D eigenvalue weighted by atomic mass is 10.1. The van der Waals surface area contributed by atoms with Gasteiger partial charge in [0.05, 0.1) is 22.7 Å². The van der Waals surface area contributed by atoms with Crippen LogP contribution in [0.1, 0.15) is 32.9 Å². The maximum absolute atomic E-state index is 14.6. The molecule has 0 bridgehead atoms. The number of carbonyl (C=O) groups is 1. The highest BCUT2D eigenvalue weighted by molar-refractivity contribution is 7.89. The predicted octanol–water partition coefficient (Wildman–Crippen LogP) is 4.46. The number of nitrogens with zero attached hydrogens (tertiary/aromatic N) is 4. The standard InChI is InChI=1S/C28H27FN4O3S/c1-20-10-6-9-15-27(20)37(35,36)32-17-16-26-23(18-32)25(30-31(26)2)19-33(21-11-4-3-5-12-21)28(34)22-13-7-8-14-24(22)29/h3-15H,16-19H2,1-2H3. The molecule has 0 unspecified atom stereocenters. The molecule has 9 heteroatoms. The lowest BCUT2D eigenvalue weighted by Gasteiger charge is -2.28. The normalized spacial score (nSPS) is 13.8. The molecule has 37 heavy (non-hydrogen) atoms. The van der Waals surface area contributed by atoms with E-state index in [0.717, 1.165) is 11.3 Å². The molecule has 0 N–H and O–H groups in total. The van der Waals surface area contributed by atoms with Crippen molar-refractivity contribution in [3.8, 4) is 0 Å². The van der Waals surface area contributed by atoms with Crippen LogP contribution in [-0.4, -0.2) is 35.0 Å². The van der Waals surface area contributed by atoms with Gasteiger partial charge in [-0.05, 0) is 42.8 Å². The number of aryl methyl sites for hydroxylation is 2. The van der Waals surface area contributed by atoms with E-state index in [1.807, 2.05) is 19.2 Å². The number of amides is 1. The molecule has 0 radical (unpaired) electrons. The number of benzene rings is 3. The molecule has 1 aliphatic heterocycles. The van der Waals surface area contributed by atoms with E-state index in [9.17, 15) is 17.6 Å². The minimum absolute atomic E-state index is 0.0418. The van der Waals surface area contributed by atoms with Crippen molar-refractivity contribution in [1.82, 2.24) is 14.1 Å². The van der Waals surface area contributed by atoms with Gasteiger partial charge in [-0.2, -0.15) is 9.40 Å². The Morgan fingerprint density at radius 1 is 1.00 bits per heavy atom. The molecule has 5 rings (SSSR count). The Kier molecular flexibility index (Phi) is 6.66. The second-order valence-electron chi connectivity index (χ2n) is 9.06. The Hall–Kier alpha value is -3.82. The van der Waals surface area contributed by atoms with E-state index in [-0.39, 0.29) is 23.5 Å². The fourth-order valence-corrected chi connectivity index (χ4v) is 6.41. The maximum Gasteiger partial charge on any atom is 0.261 e. The van der Waals surface area contributed by atoms with Crippen LogP contribution < -0.4 is 4.90 Å². The number of aromatic nitrogens is 2. The Balaban J connectivity index is 1.52. The van der Waals surface area contributed by atoms with Gasteiger partial charge in [-0.15, -0.1) is 0 Å². The zero-order chi connectivity index (χ0) is 26.2. The summed E-state index contributed by atoms with van der Waals surface area (Å²) >= 11 is 0. The molecule has 0 spiro atoms. The first-order valence-electron chi connectivity index (χ1n) is 12.0. The summed E-state index contributed by atoms with van der Waals surface area (Å²) in [4.78, 5) is 15.3. The summed E-state index contributed by atoms with van der Waals surface area (Å²) in [6.45, 7) is 2.33. The van der Waals surface area contributed by atoms with Gasteiger partial charge >= 0.3 is 0 Å². The number of rotatable bonds is 6. The third kappa shape index (κ3) is 4.68. The van der Waals surface area contributed by atoms with Crippen LogP contribution in [-0.2, 0) is 36.6 Å². The molecule has 0 saturated heterocycles. The molecule has 0 fully saturated rings. The van der Waals surface area contributed by atoms with Gasteiger partial charge in [-0.3, -0.25) is 9.48 Å². The molecule has 1 amide bonds.